The molecule has 0 saturated carbocycles. The maximum atomic E-state index is 9.75. The Balaban J connectivity index is 0.000000465. The zero-order valence-corrected chi connectivity index (χ0v) is 17.7. The van der Waals surface area contributed by atoms with Crippen LogP contribution in [0.2, 0.25) is 0 Å². The Morgan fingerprint density at radius 2 is 1.11 bits per heavy atom. The number of nitrogens with zero attached hydrogens (tertiary/aromatic N) is 1. The van der Waals surface area contributed by atoms with Crippen LogP contribution in [0.5, 0.6) is 0 Å². The summed E-state index contributed by atoms with van der Waals surface area (Å²) in [5.41, 5.74) is 6.13. The van der Waals surface area contributed by atoms with Gasteiger partial charge in [-0.05, 0) is 47.5 Å². The third-order valence-electron chi connectivity index (χ3n) is 3.86. The van der Waals surface area contributed by atoms with Crippen molar-refractivity contribution in [1.82, 2.24) is 0 Å². The Hall–Kier alpha value is -1.67. The molecular weight excluding hydrogens is 489 g/mol. The minimum atomic E-state index is -6.00. The number of pyridine rings is 1. The predicted octanol–water partition coefficient (Wildman–Crippen LogP) is 6.98. The molecule has 0 atom stereocenters. The highest BCUT2D eigenvalue weighted by Crippen LogP contribution is 2.26. The molecule has 3 aromatic rings. The van der Waals surface area contributed by atoms with Crippen LogP contribution in [0, 0.1) is 6.92 Å². The Labute approximate surface area is 172 Å². The van der Waals surface area contributed by atoms with Gasteiger partial charge in [-0.3, -0.25) is 0 Å². The molecule has 0 N–H and O–H groups in total. The van der Waals surface area contributed by atoms with E-state index in [4.69, 9.17) is 0 Å². The Bertz CT molecular complexity index is 905. The summed E-state index contributed by atoms with van der Waals surface area (Å²) in [4.78, 5) is 0. The zero-order chi connectivity index (χ0) is 20.2. The van der Waals surface area contributed by atoms with Crippen LogP contribution in [0.3, 0.4) is 0 Å². The number of halogens is 6. The lowest BCUT2D eigenvalue weighted by Gasteiger charge is -2.08. The van der Waals surface area contributed by atoms with Gasteiger partial charge in [0, 0.05) is 33.6 Å². The second kappa shape index (κ2) is 9.02. The molecule has 0 aliphatic heterocycles. The van der Waals surface area contributed by atoms with Gasteiger partial charge < -0.3 is 17.3 Å². The Morgan fingerprint density at radius 3 is 1.56 bits per heavy atom. The molecule has 0 radical (unpaired) electrons. The largest absolute Gasteiger partial charge is 0.673 e. The van der Waals surface area contributed by atoms with Crippen LogP contribution in [0.25, 0.3) is 22.4 Å². The summed E-state index contributed by atoms with van der Waals surface area (Å²) in [5.74, 6) is 0. The van der Waals surface area contributed by atoms with Gasteiger partial charge in [-0.1, -0.05) is 44.0 Å². The molecule has 0 spiro atoms. The molecule has 1 nitrogen and oxygen atoms in total. The molecule has 0 aliphatic rings. The van der Waals surface area contributed by atoms with Crippen LogP contribution in [0.4, 0.5) is 17.3 Å². The summed E-state index contributed by atoms with van der Waals surface area (Å²) in [6.45, 7) is 2.14. The number of hydrogen-bond acceptors (Lipinski definition) is 0. The smallest absolute Gasteiger partial charge is 0.418 e. The monoisotopic (exact) mass is 503 g/mol. The number of hydrogen-bond donors (Lipinski definition) is 0. The highest BCUT2D eigenvalue weighted by molar-refractivity contribution is 9.10. The number of benzene rings is 2. The molecule has 0 saturated heterocycles. The second-order valence-electron chi connectivity index (χ2n) is 5.84. The first-order chi connectivity index (χ1) is 12.5. The average molecular weight is 505 g/mol. The normalized spacial score (nSPS) is 11.0. The molecule has 3 rings (SSSR count). The summed E-state index contributed by atoms with van der Waals surface area (Å²) in [7, 11) is -3.89. The van der Waals surface area contributed by atoms with Gasteiger partial charge in [0.2, 0.25) is 5.69 Å². The molecule has 0 amide bonds. The highest BCUT2D eigenvalue weighted by Gasteiger charge is 2.20. The van der Waals surface area contributed by atoms with Gasteiger partial charge in [0.05, 0.1) is 0 Å². The molecule has 142 valence electrons. The third-order valence-corrected chi connectivity index (χ3v) is 4.92. The first-order valence-corrected chi connectivity index (χ1v) is 9.53. The van der Waals surface area contributed by atoms with Gasteiger partial charge in [-0.2, -0.15) is 4.57 Å². The van der Waals surface area contributed by atoms with E-state index in [0.717, 1.165) is 8.95 Å². The van der Waals surface area contributed by atoms with Gasteiger partial charge in [0.25, 0.3) is 0 Å². The van der Waals surface area contributed by atoms with Crippen LogP contribution < -0.4 is 4.57 Å². The van der Waals surface area contributed by atoms with Crippen molar-refractivity contribution >= 4 is 39.1 Å². The Kier molecular flexibility index (Phi) is 7.22. The lowest BCUT2D eigenvalue weighted by molar-refractivity contribution is -0.666. The lowest BCUT2D eigenvalue weighted by Crippen LogP contribution is -2.34. The molecule has 8 heteroatoms. The molecule has 27 heavy (non-hydrogen) atoms. The van der Waals surface area contributed by atoms with Crippen LogP contribution in [-0.2, 0) is 7.05 Å². The van der Waals surface area contributed by atoms with E-state index in [-0.39, 0.29) is 0 Å². The van der Waals surface area contributed by atoms with Gasteiger partial charge >= 0.3 is 7.25 Å². The SMILES string of the molecule is Cc1cc(-c2ccc(Br)cc2)cc(-c2ccc(Br)cc2)[n+]1C.F[B-](F)(F)F. The standard InChI is InChI=1S/C19H16Br2N.BF4/c1-13-11-16(14-3-7-17(20)8-4-14)12-19(22(13)2)15-5-9-18(21)10-6-15;2-1(3,4)5/h3-12H,1-2H3;/q+1;-1. The number of aromatic nitrogens is 1. The van der Waals surface area contributed by atoms with Crippen molar-refractivity contribution in [2.75, 3.05) is 0 Å². The predicted molar refractivity (Wildman–Crippen MR) is 109 cm³/mol. The average Bonchev–Trinajstić information content (AvgIpc) is 2.57. The van der Waals surface area contributed by atoms with E-state index < -0.39 is 7.25 Å². The summed E-state index contributed by atoms with van der Waals surface area (Å²) in [6, 6.07) is 21.4. The minimum Gasteiger partial charge on any atom is -0.418 e. The fourth-order valence-electron chi connectivity index (χ4n) is 2.50. The lowest BCUT2D eigenvalue weighted by atomic mass is 10.0. The van der Waals surface area contributed by atoms with E-state index >= 15 is 0 Å². The van der Waals surface area contributed by atoms with Gasteiger partial charge in [0.1, 0.15) is 7.05 Å². The second-order valence-corrected chi connectivity index (χ2v) is 7.67. The van der Waals surface area contributed by atoms with Crippen molar-refractivity contribution < 1.29 is 21.8 Å². The summed E-state index contributed by atoms with van der Waals surface area (Å²) in [6.07, 6.45) is 0. The number of rotatable bonds is 2. The molecule has 0 bridgehead atoms. The molecule has 1 aromatic heterocycles. The first kappa shape index (κ1) is 21.6. The van der Waals surface area contributed by atoms with Crippen molar-refractivity contribution in [1.29, 1.82) is 0 Å². The van der Waals surface area contributed by atoms with E-state index in [1.165, 1.54) is 28.1 Å². The molecule has 1 heterocycles. The van der Waals surface area contributed by atoms with Crippen molar-refractivity contribution in [2.24, 2.45) is 7.05 Å². The molecule has 0 fully saturated rings. The minimum absolute atomic E-state index is 1.10. The van der Waals surface area contributed by atoms with E-state index in [1.54, 1.807) is 0 Å². The summed E-state index contributed by atoms with van der Waals surface area (Å²) >= 11 is 6.99. The van der Waals surface area contributed by atoms with Crippen molar-refractivity contribution in [3.8, 4) is 22.4 Å². The quantitative estimate of drug-likeness (QED) is 0.201. The molecule has 2 aromatic carbocycles. The highest BCUT2D eigenvalue weighted by atomic mass is 79.9. The fourth-order valence-corrected chi connectivity index (χ4v) is 3.03. The topological polar surface area (TPSA) is 3.88 Å². The third kappa shape index (κ3) is 6.77. The van der Waals surface area contributed by atoms with E-state index in [1.807, 2.05) is 0 Å². The maximum Gasteiger partial charge on any atom is 0.673 e. The van der Waals surface area contributed by atoms with E-state index in [0.29, 0.717) is 0 Å². The molecular formula is C19H16BBr2F4N. The summed E-state index contributed by atoms with van der Waals surface area (Å²) in [5, 5.41) is 0. The zero-order valence-electron chi connectivity index (χ0n) is 14.6. The van der Waals surface area contributed by atoms with Crippen LogP contribution in [0.1, 0.15) is 5.69 Å². The van der Waals surface area contributed by atoms with E-state index in [2.05, 4.69) is 111 Å². The van der Waals surface area contributed by atoms with Gasteiger partial charge in [-0.25, -0.2) is 0 Å². The first-order valence-electron chi connectivity index (χ1n) is 7.94. The molecule has 0 aliphatic carbocycles. The van der Waals surface area contributed by atoms with Gasteiger partial charge in [-0.15, -0.1) is 0 Å². The van der Waals surface area contributed by atoms with Crippen molar-refractivity contribution in [3.63, 3.8) is 0 Å². The van der Waals surface area contributed by atoms with Crippen molar-refractivity contribution in [3.05, 3.63) is 75.3 Å². The maximum absolute atomic E-state index is 9.75. The van der Waals surface area contributed by atoms with Crippen molar-refractivity contribution in [2.45, 2.75) is 6.92 Å². The Morgan fingerprint density at radius 1 is 0.704 bits per heavy atom. The van der Waals surface area contributed by atoms with Gasteiger partial charge in [0.15, 0.2) is 5.69 Å². The fraction of sp³-hybridized carbons (Fsp3) is 0.105. The van der Waals surface area contributed by atoms with Crippen LogP contribution in [-0.4, -0.2) is 7.25 Å². The molecule has 0 unspecified atom stereocenters. The number of aryl methyl sites for hydroxylation is 1. The van der Waals surface area contributed by atoms with Crippen LogP contribution >= 0.6 is 31.9 Å². The summed E-state index contributed by atoms with van der Waals surface area (Å²) < 4.78 is 43.4. The van der Waals surface area contributed by atoms with E-state index in [9.17, 15) is 17.3 Å². The van der Waals surface area contributed by atoms with Crippen LogP contribution in [0.15, 0.2) is 69.6 Å².